The zero-order valence-electron chi connectivity index (χ0n) is 17.9. The zero-order valence-corrected chi connectivity index (χ0v) is 20.3. The summed E-state index contributed by atoms with van der Waals surface area (Å²) in [5, 5.41) is 12.9. The Morgan fingerprint density at radius 2 is 1.84 bits per heavy atom. The molecule has 0 aliphatic rings. The second-order valence-corrected chi connectivity index (χ2v) is 7.31. The van der Waals surface area contributed by atoms with Crippen LogP contribution >= 0.6 is 24.0 Å². The van der Waals surface area contributed by atoms with E-state index < -0.39 is 0 Å². The van der Waals surface area contributed by atoms with Gasteiger partial charge < -0.3 is 19.2 Å². The molecule has 2 aromatic heterocycles. The number of aryl methyl sites for hydroxylation is 1. The van der Waals surface area contributed by atoms with Gasteiger partial charge in [0, 0.05) is 19.5 Å². The van der Waals surface area contributed by atoms with Crippen LogP contribution in [0.25, 0.3) is 11.0 Å². The maximum Gasteiger partial charge on any atom is 0.194 e. The molecule has 0 aliphatic carbocycles. The molecule has 0 amide bonds. The van der Waals surface area contributed by atoms with E-state index in [4.69, 9.17) is 9.41 Å². The number of guanidine groups is 1. The number of nitrogens with zero attached hydrogens (tertiary/aromatic N) is 5. The lowest BCUT2D eigenvalue weighted by molar-refractivity contribution is 0.410. The summed E-state index contributed by atoms with van der Waals surface area (Å²) in [7, 11) is 3.97. The Morgan fingerprint density at radius 3 is 2.55 bits per heavy atom. The lowest BCUT2D eigenvalue weighted by Gasteiger charge is -2.21. The van der Waals surface area contributed by atoms with E-state index >= 15 is 0 Å². The maximum absolute atomic E-state index is 5.99. The number of para-hydroxylation sites is 1. The molecule has 0 bridgehead atoms. The Morgan fingerprint density at radius 1 is 1.10 bits per heavy atom. The van der Waals surface area contributed by atoms with E-state index in [0.717, 1.165) is 39.9 Å². The first-order valence-corrected chi connectivity index (χ1v) is 9.96. The molecule has 0 saturated carbocycles. The van der Waals surface area contributed by atoms with Gasteiger partial charge in [-0.15, -0.1) is 34.2 Å². The van der Waals surface area contributed by atoms with Gasteiger partial charge in [0.1, 0.15) is 17.2 Å². The molecule has 0 atom stereocenters. The third kappa shape index (κ3) is 5.63. The molecule has 8 heteroatoms. The van der Waals surface area contributed by atoms with Gasteiger partial charge in [-0.25, -0.2) is 4.99 Å². The number of hydrogen-bond donors (Lipinski definition) is 1. The molecule has 0 aliphatic heterocycles. The molecule has 4 aromatic rings. The lowest BCUT2D eigenvalue weighted by atomic mass is 10.2. The predicted octanol–water partition coefficient (Wildman–Crippen LogP) is 4.27. The van der Waals surface area contributed by atoms with Gasteiger partial charge >= 0.3 is 0 Å². The van der Waals surface area contributed by atoms with Crippen molar-refractivity contribution in [2.75, 3.05) is 7.05 Å². The van der Waals surface area contributed by atoms with Crippen LogP contribution in [0.4, 0.5) is 0 Å². The first kappa shape index (κ1) is 22.8. The molecule has 2 aromatic carbocycles. The predicted molar refractivity (Wildman–Crippen MR) is 133 cm³/mol. The van der Waals surface area contributed by atoms with Gasteiger partial charge in [0.15, 0.2) is 11.8 Å². The second-order valence-electron chi connectivity index (χ2n) is 7.31. The van der Waals surface area contributed by atoms with Crippen LogP contribution in [0.3, 0.4) is 0 Å². The van der Waals surface area contributed by atoms with Crippen molar-refractivity contribution in [3.8, 4) is 0 Å². The van der Waals surface area contributed by atoms with Crippen LogP contribution in [0.1, 0.15) is 23.0 Å². The quantitative estimate of drug-likeness (QED) is 0.229. The summed E-state index contributed by atoms with van der Waals surface area (Å²) in [6, 6.07) is 20.3. The van der Waals surface area contributed by atoms with Crippen LogP contribution < -0.4 is 5.32 Å². The molecule has 0 saturated heterocycles. The van der Waals surface area contributed by atoms with E-state index in [1.54, 1.807) is 0 Å². The molecular weight excluding hydrogens is 503 g/mol. The standard InChI is InChI=1S/C23H26N6O.HI/c1-17-26-27-22(29(17)3)15-25-23(24-14-18-9-5-4-6-10-18)28(2)16-20-13-19-11-7-8-12-21(19)30-20;/h4-13H,14-16H2,1-3H3,(H,24,25);1H. The molecule has 2 heterocycles. The summed E-state index contributed by atoms with van der Waals surface area (Å²) in [5.74, 6) is 3.41. The van der Waals surface area contributed by atoms with E-state index in [9.17, 15) is 0 Å². The van der Waals surface area contributed by atoms with E-state index in [1.165, 1.54) is 0 Å². The van der Waals surface area contributed by atoms with Gasteiger partial charge in [-0.2, -0.15) is 0 Å². The van der Waals surface area contributed by atoms with E-state index in [-0.39, 0.29) is 24.0 Å². The number of benzene rings is 2. The topological polar surface area (TPSA) is 71.5 Å². The van der Waals surface area contributed by atoms with Gasteiger partial charge in [0.2, 0.25) is 0 Å². The first-order valence-electron chi connectivity index (χ1n) is 9.96. The molecule has 31 heavy (non-hydrogen) atoms. The van der Waals surface area contributed by atoms with Crippen molar-refractivity contribution in [1.29, 1.82) is 0 Å². The minimum atomic E-state index is 0. The molecule has 4 rings (SSSR count). The number of nitrogens with one attached hydrogen (secondary N) is 1. The fourth-order valence-corrected chi connectivity index (χ4v) is 3.25. The van der Waals surface area contributed by atoms with Crippen LogP contribution in [0.15, 0.2) is 70.1 Å². The fourth-order valence-electron chi connectivity index (χ4n) is 3.25. The van der Waals surface area contributed by atoms with Gasteiger partial charge in [-0.05, 0) is 24.6 Å². The van der Waals surface area contributed by atoms with Crippen molar-refractivity contribution < 1.29 is 4.42 Å². The number of furan rings is 1. The Kier molecular flexibility index (Phi) is 7.67. The number of fused-ring (bicyclic) bond motifs is 1. The van der Waals surface area contributed by atoms with Crippen LogP contribution in [-0.4, -0.2) is 32.7 Å². The summed E-state index contributed by atoms with van der Waals surface area (Å²) >= 11 is 0. The van der Waals surface area contributed by atoms with Crippen LogP contribution in [0, 0.1) is 6.92 Å². The average molecular weight is 530 g/mol. The van der Waals surface area contributed by atoms with Crippen LogP contribution in [-0.2, 0) is 26.7 Å². The molecule has 0 spiro atoms. The van der Waals surface area contributed by atoms with Crippen molar-refractivity contribution >= 4 is 40.9 Å². The molecule has 1 N–H and O–H groups in total. The SMILES string of the molecule is Cc1nnc(CNC(=NCc2ccccc2)N(C)Cc2cc3ccccc3o2)n1C.I. The van der Waals surface area contributed by atoms with Gasteiger partial charge in [0.05, 0.1) is 19.6 Å². The molecular formula is C23H27IN6O. The van der Waals surface area contributed by atoms with Gasteiger partial charge in [0.25, 0.3) is 0 Å². The summed E-state index contributed by atoms with van der Waals surface area (Å²) in [6.45, 7) is 3.67. The fraction of sp³-hybridized carbons (Fsp3) is 0.261. The highest BCUT2D eigenvalue weighted by Gasteiger charge is 2.13. The van der Waals surface area contributed by atoms with Crippen LogP contribution in [0.5, 0.6) is 0 Å². The van der Waals surface area contributed by atoms with Crippen molar-refractivity contribution in [3.05, 3.63) is 83.6 Å². The Hall–Kier alpha value is -2.88. The highest BCUT2D eigenvalue weighted by atomic mass is 127. The number of hydrogen-bond acceptors (Lipinski definition) is 4. The maximum atomic E-state index is 5.99. The summed E-state index contributed by atoms with van der Waals surface area (Å²) < 4.78 is 7.96. The summed E-state index contributed by atoms with van der Waals surface area (Å²) in [5.41, 5.74) is 2.05. The van der Waals surface area contributed by atoms with Crippen molar-refractivity contribution in [2.45, 2.75) is 26.6 Å². The van der Waals surface area contributed by atoms with E-state index in [0.29, 0.717) is 19.6 Å². The highest BCUT2D eigenvalue weighted by molar-refractivity contribution is 14.0. The van der Waals surface area contributed by atoms with Gasteiger partial charge in [-0.3, -0.25) is 0 Å². The summed E-state index contributed by atoms with van der Waals surface area (Å²) in [6.07, 6.45) is 0. The molecule has 7 nitrogen and oxygen atoms in total. The monoisotopic (exact) mass is 530 g/mol. The Bertz CT molecular complexity index is 1120. The molecule has 0 radical (unpaired) electrons. The minimum Gasteiger partial charge on any atom is -0.459 e. The number of aliphatic imine (C=N–C) groups is 1. The first-order chi connectivity index (χ1) is 14.6. The molecule has 0 fully saturated rings. The highest BCUT2D eigenvalue weighted by Crippen LogP contribution is 2.19. The third-order valence-corrected chi connectivity index (χ3v) is 5.07. The van der Waals surface area contributed by atoms with E-state index in [2.05, 4.69) is 44.7 Å². The van der Waals surface area contributed by atoms with Crippen LogP contribution in [0.2, 0.25) is 0 Å². The summed E-state index contributed by atoms with van der Waals surface area (Å²) in [4.78, 5) is 6.89. The number of rotatable bonds is 6. The van der Waals surface area contributed by atoms with E-state index in [1.807, 2.05) is 62.0 Å². The number of halogens is 1. The van der Waals surface area contributed by atoms with Crippen molar-refractivity contribution in [3.63, 3.8) is 0 Å². The van der Waals surface area contributed by atoms with Crippen molar-refractivity contribution in [1.82, 2.24) is 25.0 Å². The second kappa shape index (κ2) is 10.4. The zero-order chi connectivity index (χ0) is 20.9. The smallest absolute Gasteiger partial charge is 0.194 e. The Labute approximate surface area is 199 Å². The molecule has 162 valence electrons. The lowest BCUT2D eigenvalue weighted by Crippen LogP contribution is -2.38. The number of aromatic nitrogens is 3. The molecule has 0 unspecified atom stereocenters. The normalized spacial score (nSPS) is 11.4. The largest absolute Gasteiger partial charge is 0.459 e. The Balaban J connectivity index is 0.00000272. The minimum absolute atomic E-state index is 0. The third-order valence-electron chi connectivity index (χ3n) is 5.07. The van der Waals surface area contributed by atoms with Gasteiger partial charge in [-0.1, -0.05) is 48.5 Å². The van der Waals surface area contributed by atoms with Crippen molar-refractivity contribution in [2.24, 2.45) is 12.0 Å². The average Bonchev–Trinajstić information content (AvgIpc) is 3.31.